The molecule has 20 heavy (non-hydrogen) atoms. The van der Waals surface area contributed by atoms with Crippen molar-refractivity contribution in [3.63, 3.8) is 0 Å². The summed E-state index contributed by atoms with van der Waals surface area (Å²) < 4.78 is 18.9. The van der Waals surface area contributed by atoms with Crippen LogP contribution in [0, 0.1) is 5.82 Å². The van der Waals surface area contributed by atoms with Crippen LogP contribution >= 0.6 is 23.2 Å². The standard InChI is InChI=1S/C15H14Cl2FNO/c1-2-3-11-6-10(9-16)7-15(19-11)20-12-4-5-13(17)14(18)8-12/h4-8H,2-3,9H2,1H3. The van der Waals surface area contributed by atoms with Crippen molar-refractivity contribution in [1.82, 2.24) is 4.98 Å². The van der Waals surface area contributed by atoms with Crippen molar-refractivity contribution < 1.29 is 9.13 Å². The molecule has 2 aromatic rings. The predicted molar refractivity (Wildman–Crippen MR) is 79.3 cm³/mol. The number of nitrogens with zero attached hydrogens (tertiary/aromatic N) is 1. The smallest absolute Gasteiger partial charge is 0.219 e. The zero-order valence-corrected chi connectivity index (χ0v) is 12.5. The van der Waals surface area contributed by atoms with Crippen molar-refractivity contribution in [2.45, 2.75) is 25.6 Å². The van der Waals surface area contributed by atoms with Crippen LogP contribution in [0.5, 0.6) is 11.6 Å². The lowest BCUT2D eigenvalue weighted by Crippen LogP contribution is -1.96. The quantitative estimate of drug-likeness (QED) is 0.693. The van der Waals surface area contributed by atoms with Gasteiger partial charge in [-0.05, 0) is 30.2 Å². The van der Waals surface area contributed by atoms with E-state index < -0.39 is 5.82 Å². The number of pyridine rings is 1. The highest BCUT2D eigenvalue weighted by Crippen LogP contribution is 2.25. The van der Waals surface area contributed by atoms with E-state index >= 15 is 0 Å². The second-order valence-corrected chi connectivity index (χ2v) is 5.04. The number of aromatic nitrogens is 1. The third kappa shape index (κ3) is 3.84. The minimum absolute atomic E-state index is 0.0616. The Morgan fingerprint density at radius 1 is 1.25 bits per heavy atom. The van der Waals surface area contributed by atoms with Gasteiger partial charge in [0.05, 0.1) is 5.02 Å². The van der Waals surface area contributed by atoms with Crippen molar-refractivity contribution in [3.05, 3.63) is 52.4 Å². The summed E-state index contributed by atoms with van der Waals surface area (Å²) in [7, 11) is 0. The topological polar surface area (TPSA) is 22.1 Å². The Labute approximate surface area is 127 Å². The van der Waals surface area contributed by atoms with Gasteiger partial charge in [-0.1, -0.05) is 24.9 Å². The van der Waals surface area contributed by atoms with Crippen LogP contribution in [0.25, 0.3) is 0 Å². The predicted octanol–water partition coefficient (Wildman–Crippen LogP) is 5.36. The normalized spacial score (nSPS) is 10.6. The second-order valence-electron chi connectivity index (χ2n) is 4.37. The molecule has 0 unspecified atom stereocenters. The lowest BCUT2D eigenvalue weighted by Gasteiger charge is -2.09. The first-order chi connectivity index (χ1) is 9.62. The van der Waals surface area contributed by atoms with Crippen LogP contribution in [0.4, 0.5) is 4.39 Å². The Hall–Kier alpha value is -1.32. The average Bonchev–Trinajstić information content (AvgIpc) is 2.43. The fraction of sp³-hybridized carbons (Fsp3) is 0.267. The van der Waals surface area contributed by atoms with Gasteiger partial charge in [0.15, 0.2) is 0 Å². The second kappa shape index (κ2) is 6.91. The van der Waals surface area contributed by atoms with E-state index in [9.17, 15) is 4.39 Å². The fourth-order valence-electron chi connectivity index (χ4n) is 1.80. The van der Waals surface area contributed by atoms with Gasteiger partial charge in [-0.3, -0.25) is 0 Å². The molecule has 5 heteroatoms. The van der Waals surface area contributed by atoms with Gasteiger partial charge in [0, 0.05) is 23.7 Å². The molecule has 1 heterocycles. The number of hydrogen-bond donors (Lipinski definition) is 0. The summed E-state index contributed by atoms with van der Waals surface area (Å²) in [6, 6.07) is 7.98. The van der Waals surface area contributed by atoms with Crippen LogP contribution in [0.2, 0.25) is 5.02 Å². The zero-order chi connectivity index (χ0) is 14.5. The van der Waals surface area contributed by atoms with Gasteiger partial charge in [-0.2, -0.15) is 0 Å². The third-order valence-electron chi connectivity index (χ3n) is 2.69. The van der Waals surface area contributed by atoms with Gasteiger partial charge in [-0.15, -0.1) is 11.6 Å². The Kier molecular flexibility index (Phi) is 5.21. The summed E-state index contributed by atoms with van der Waals surface area (Å²) in [5.41, 5.74) is 1.84. The average molecular weight is 314 g/mol. The summed E-state index contributed by atoms with van der Waals surface area (Å²) in [6.07, 6.45) is 1.82. The van der Waals surface area contributed by atoms with Crippen LogP contribution in [0.15, 0.2) is 30.3 Å². The van der Waals surface area contributed by atoms with E-state index in [1.165, 1.54) is 12.1 Å². The molecule has 1 aromatic carbocycles. The highest BCUT2D eigenvalue weighted by molar-refractivity contribution is 6.30. The zero-order valence-electron chi connectivity index (χ0n) is 11.0. The monoisotopic (exact) mass is 313 g/mol. The van der Waals surface area contributed by atoms with Crippen molar-refractivity contribution in [2.75, 3.05) is 0 Å². The van der Waals surface area contributed by atoms with Crippen LogP contribution in [0.1, 0.15) is 24.6 Å². The molecule has 0 aliphatic heterocycles. The number of alkyl halides is 1. The van der Waals surface area contributed by atoms with E-state index in [2.05, 4.69) is 11.9 Å². The molecule has 0 N–H and O–H groups in total. The Morgan fingerprint density at radius 3 is 2.70 bits per heavy atom. The van der Waals surface area contributed by atoms with Crippen molar-refractivity contribution in [1.29, 1.82) is 0 Å². The third-order valence-corrected chi connectivity index (χ3v) is 3.30. The van der Waals surface area contributed by atoms with Crippen molar-refractivity contribution in [2.24, 2.45) is 0 Å². The molecule has 0 bridgehead atoms. The van der Waals surface area contributed by atoms with E-state index in [-0.39, 0.29) is 5.02 Å². The van der Waals surface area contributed by atoms with Gasteiger partial charge in [0.25, 0.3) is 0 Å². The number of hydrogen-bond acceptors (Lipinski definition) is 2. The number of rotatable bonds is 5. The van der Waals surface area contributed by atoms with Gasteiger partial charge in [-0.25, -0.2) is 9.37 Å². The number of halogens is 3. The first-order valence-corrected chi connectivity index (χ1v) is 7.22. The molecule has 0 aliphatic rings. The molecule has 2 nitrogen and oxygen atoms in total. The van der Waals surface area contributed by atoms with E-state index in [4.69, 9.17) is 27.9 Å². The maximum Gasteiger partial charge on any atom is 0.219 e. The van der Waals surface area contributed by atoms with Crippen molar-refractivity contribution >= 4 is 23.2 Å². The first kappa shape index (κ1) is 15.1. The maximum atomic E-state index is 13.4. The molecule has 0 radical (unpaired) electrons. The number of benzene rings is 1. The highest BCUT2D eigenvalue weighted by Gasteiger charge is 2.07. The SMILES string of the molecule is CCCc1cc(CCl)cc(Oc2ccc(Cl)c(F)c2)n1. The van der Waals surface area contributed by atoms with Crippen LogP contribution in [-0.4, -0.2) is 4.98 Å². The molecule has 2 rings (SSSR count). The van der Waals surface area contributed by atoms with Crippen LogP contribution < -0.4 is 4.74 Å². The van der Waals surface area contributed by atoms with Gasteiger partial charge >= 0.3 is 0 Å². The maximum absolute atomic E-state index is 13.4. The van der Waals surface area contributed by atoms with Crippen LogP contribution in [-0.2, 0) is 12.3 Å². The molecule has 0 atom stereocenters. The van der Waals surface area contributed by atoms with E-state index in [0.29, 0.717) is 17.5 Å². The minimum atomic E-state index is -0.522. The molecule has 1 aromatic heterocycles. The minimum Gasteiger partial charge on any atom is -0.439 e. The fourth-order valence-corrected chi connectivity index (χ4v) is 2.07. The molecule has 0 fully saturated rings. The Balaban J connectivity index is 2.27. The summed E-state index contributed by atoms with van der Waals surface area (Å²) in [4.78, 5) is 4.38. The molecule has 0 aliphatic carbocycles. The molecule has 106 valence electrons. The molecule has 0 saturated heterocycles. The summed E-state index contributed by atoms with van der Waals surface area (Å²) in [6.45, 7) is 2.07. The largest absolute Gasteiger partial charge is 0.439 e. The van der Waals surface area contributed by atoms with E-state index in [1.54, 1.807) is 12.1 Å². The van der Waals surface area contributed by atoms with E-state index in [0.717, 1.165) is 24.1 Å². The highest BCUT2D eigenvalue weighted by atomic mass is 35.5. The summed E-state index contributed by atoms with van der Waals surface area (Å²) >= 11 is 11.5. The van der Waals surface area contributed by atoms with E-state index in [1.807, 2.05) is 6.07 Å². The molecule has 0 amide bonds. The molecular weight excluding hydrogens is 300 g/mol. The summed E-state index contributed by atoms with van der Waals surface area (Å²) in [5, 5.41) is 0.0616. The molecular formula is C15H14Cl2FNO. The Morgan fingerprint density at radius 2 is 2.05 bits per heavy atom. The number of aryl methyl sites for hydroxylation is 1. The summed E-state index contributed by atoms with van der Waals surface area (Å²) in [5.74, 6) is 0.623. The van der Waals surface area contributed by atoms with Gasteiger partial charge < -0.3 is 4.74 Å². The molecule has 0 saturated carbocycles. The van der Waals surface area contributed by atoms with Gasteiger partial charge in [0.2, 0.25) is 5.88 Å². The van der Waals surface area contributed by atoms with Gasteiger partial charge in [0.1, 0.15) is 11.6 Å². The van der Waals surface area contributed by atoms with Crippen LogP contribution in [0.3, 0.4) is 0 Å². The lowest BCUT2D eigenvalue weighted by atomic mass is 10.2. The van der Waals surface area contributed by atoms with Crippen molar-refractivity contribution in [3.8, 4) is 11.6 Å². The molecule has 0 spiro atoms. The number of ether oxygens (including phenoxy) is 1. The Bertz CT molecular complexity index is 604. The first-order valence-electron chi connectivity index (χ1n) is 6.31. The lowest BCUT2D eigenvalue weighted by molar-refractivity contribution is 0.455.